The van der Waals surface area contributed by atoms with Gasteiger partial charge < -0.3 is 9.64 Å². The van der Waals surface area contributed by atoms with Crippen LogP contribution in [0.5, 0.6) is 5.19 Å². The van der Waals surface area contributed by atoms with Crippen LogP contribution in [-0.2, 0) is 10.2 Å². The van der Waals surface area contributed by atoms with Crippen LogP contribution < -0.4 is 9.64 Å². The third-order valence-electron chi connectivity index (χ3n) is 2.79. The predicted molar refractivity (Wildman–Crippen MR) is 95.6 cm³/mol. The maximum Gasteiger partial charge on any atom is 0.376 e. The first-order valence-electron chi connectivity index (χ1n) is 7.69. The quantitative estimate of drug-likeness (QED) is 0.671. The Hall–Kier alpha value is -1.80. The van der Waals surface area contributed by atoms with Crippen LogP contribution in [0.1, 0.15) is 32.7 Å². The summed E-state index contributed by atoms with van der Waals surface area (Å²) in [5, 5.41) is 2.27. The van der Waals surface area contributed by atoms with Gasteiger partial charge in [0.25, 0.3) is 11.1 Å². The summed E-state index contributed by atoms with van der Waals surface area (Å²) in [5.41, 5.74) is 0.723. The second-order valence-corrected chi connectivity index (χ2v) is 6.27. The van der Waals surface area contributed by atoms with Crippen molar-refractivity contribution in [2.75, 3.05) is 11.5 Å². The lowest BCUT2D eigenvalue weighted by atomic mass is 10.2. The van der Waals surface area contributed by atoms with Crippen molar-refractivity contribution in [2.24, 2.45) is 0 Å². The zero-order chi connectivity index (χ0) is 19.0. The number of nitrogens with zero attached hydrogens (tertiary/aromatic N) is 3. The molecule has 1 amide bonds. The summed E-state index contributed by atoms with van der Waals surface area (Å²) in [5.74, 6) is -0.319. The molecule has 25 heavy (non-hydrogen) atoms. The Morgan fingerprint density at radius 2 is 1.88 bits per heavy atom. The Bertz CT molecular complexity index is 663. The molecule has 0 saturated carbocycles. The highest BCUT2D eigenvalue weighted by atomic mass is 35.5. The molecule has 0 spiro atoms. The van der Waals surface area contributed by atoms with Crippen molar-refractivity contribution in [1.29, 1.82) is 0 Å². The summed E-state index contributed by atoms with van der Waals surface area (Å²) in [6, 6.07) is 8.99. The van der Waals surface area contributed by atoms with E-state index in [9.17, 15) is 13.6 Å². The Balaban J connectivity index is 0.00000151. The number of carbonyl (C=O) groups excluding carboxylic acids is 1. The van der Waals surface area contributed by atoms with Gasteiger partial charge >= 0.3 is 5.38 Å². The summed E-state index contributed by atoms with van der Waals surface area (Å²) >= 11 is 5.35. The van der Waals surface area contributed by atoms with Crippen LogP contribution in [0.4, 0.5) is 14.5 Å². The van der Waals surface area contributed by atoms with Gasteiger partial charge in [-0.15, -0.1) is 5.10 Å². The average molecular weight is 392 g/mol. The largest absolute Gasteiger partial charge is 0.459 e. The number of halogens is 3. The molecule has 1 aromatic heterocycles. The maximum atomic E-state index is 12.9. The van der Waals surface area contributed by atoms with E-state index in [1.165, 1.54) is 0 Å². The van der Waals surface area contributed by atoms with Gasteiger partial charge in [0, 0.05) is 11.7 Å². The van der Waals surface area contributed by atoms with E-state index in [4.69, 9.17) is 16.3 Å². The molecule has 0 aliphatic heterocycles. The molecule has 0 aliphatic carbocycles. The van der Waals surface area contributed by atoms with E-state index in [0.29, 0.717) is 11.3 Å². The lowest BCUT2D eigenvalue weighted by Crippen LogP contribution is -2.40. The van der Waals surface area contributed by atoms with Gasteiger partial charge in [-0.25, -0.2) is 0 Å². The number of ether oxygens (including phenoxy) is 1. The molecule has 0 bridgehead atoms. The second kappa shape index (κ2) is 9.62. The molecule has 1 heterocycles. The van der Waals surface area contributed by atoms with E-state index in [-0.39, 0.29) is 23.7 Å². The minimum atomic E-state index is -3.60. The number of hydrogen-bond donors (Lipinski definition) is 0. The molecule has 0 saturated heterocycles. The molecule has 1 aromatic carbocycles. The standard InChI is InChI=1S/C14H14ClF2N3O2S.C2H6/c1-9(2)20(10-6-4-3-5-7-10)11(21)8-22-13-19-18-12(23-13)14(15,16)17;1-2/h3-7,9H,8H2,1-2H3;1-2H3. The minimum absolute atomic E-state index is 0.0920. The molecule has 2 rings (SSSR count). The second-order valence-electron chi connectivity index (χ2n) is 4.85. The Morgan fingerprint density at radius 3 is 2.36 bits per heavy atom. The third kappa shape index (κ3) is 6.21. The summed E-state index contributed by atoms with van der Waals surface area (Å²) in [6.45, 7) is 7.39. The van der Waals surface area contributed by atoms with Crippen molar-refractivity contribution >= 4 is 34.5 Å². The number of aromatic nitrogens is 2. The molecule has 0 aliphatic rings. The summed E-state index contributed by atoms with van der Waals surface area (Å²) in [6.07, 6.45) is 0. The van der Waals surface area contributed by atoms with Crippen LogP contribution >= 0.6 is 22.9 Å². The van der Waals surface area contributed by atoms with Gasteiger partial charge in [-0.05, 0) is 37.6 Å². The van der Waals surface area contributed by atoms with Crippen molar-refractivity contribution in [3.05, 3.63) is 35.3 Å². The molecular weight excluding hydrogens is 372 g/mol. The van der Waals surface area contributed by atoms with Crippen molar-refractivity contribution < 1.29 is 18.3 Å². The third-order valence-corrected chi connectivity index (χ3v) is 3.98. The van der Waals surface area contributed by atoms with Gasteiger partial charge in [-0.1, -0.05) is 48.5 Å². The van der Waals surface area contributed by atoms with Gasteiger partial charge in [0.05, 0.1) is 0 Å². The van der Waals surface area contributed by atoms with Gasteiger partial charge in [0.15, 0.2) is 6.61 Å². The summed E-state index contributed by atoms with van der Waals surface area (Å²) in [4.78, 5) is 13.9. The topological polar surface area (TPSA) is 55.3 Å². The fourth-order valence-electron chi connectivity index (χ4n) is 1.89. The first-order valence-corrected chi connectivity index (χ1v) is 8.89. The van der Waals surface area contributed by atoms with Gasteiger partial charge in [0.2, 0.25) is 5.01 Å². The number of rotatable bonds is 6. The Labute approximate surface area is 154 Å². The smallest absolute Gasteiger partial charge is 0.376 e. The zero-order valence-corrected chi connectivity index (χ0v) is 15.9. The zero-order valence-electron chi connectivity index (χ0n) is 14.4. The van der Waals surface area contributed by atoms with Crippen molar-refractivity contribution in [1.82, 2.24) is 10.2 Å². The number of hydrogen-bond acceptors (Lipinski definition) is 5. The van der Waals surface area contributed by atoms with Crippen molar-refractivity contribution in [3.8, 4) is 5.19 Å². The molecule has 0 fully saturated rings. The van der Waals surface area contributed by atoms with E-state index in [1.807, 2.05) is 45.9 Å². The number of alkyl halides is 3. The first-order chi connectivity index (χ1) is 11.8. The van der Waals surface area contributed by atoms with Crippen LogP contribution in [0, 0.1) is 0 Å². The number of amides is 1. The van der Waals surface area contributed by atoms with Crippen LogP contribution in [-0.4, -0.2) is 28.8 Å². The summed E-state index contributed by atoms with van der Waals surface area (Å²) in [7, 11) is 0. The van der Waals surface area contributed by atoms with E-state index in [2.05, 4.69) is 10.2 Å². The normalized spacial score (nSPS) is 10.9. The Kier molecular flexibility index (Phi) is 8.18. The van der Waals surface area contributed by atoms with E-state index >= 15 is 0 Å². The molecule has 2 aromatic rings. The summed E-state index contributed by atoms with van der Waals surface area (Å²) < 4.78 is 30.9. The number of carbonyl (C=O) groups is 1. The molecule has 0 N–H and O–H groups in total. The molecule has 138 valence electrons. The first kappa shape index (κ1) is 21.2. The van der Waals surface area contributed by atoms with Crippen LogP contribution in [0.25, 0.3) is 0 Å². The van der Waals surface area contributed by atoms with Gasteiger partial charge in [0.1, 0.15) is 0 Å². The van der Waals surface area contributed by atoms with Crippen molar-refractivity contribution in [3.63, 3.8) is 0 Å². The number of benzene rings is 1. The fourth-order valence-corrected chi connectivity index (χ4v) is 2.61. The number of para-hydroxylation sites is 1. The molecule has 5 nitrogen and oxygen atoms in total. The monoisotopic (exact) mass is 391 g/mol. The minimum Gasteiger partial charge on any atom is -0.459 e. The van der Waals surface area contributed by atoms with E-state index in [1.54, 1.807) is 17.0 Å². The molecule has 9 heteroatoms. The molecule has 0 atom stereocenters. The lowest BCUT2D eigenvalue weighted by Gasteiger charge is -2.26. The molecule has 0 radical (unpaired) electrons. The van der Waals surface area contributed by atoms with Crippen LogP contribution in [0.15, 0.2) is 30.3 Å². The van der Waals surface area contributed by atoms with Gasteiger partial charge in [-0.2, -0.15) is 8.78 Å². The van der Waals surface area contributed by atoms with E-state index < -0.39 is 10.4 Å². The van der Waals surface area contributed by atoms with Crippen LogP contribution in [0.2, 0.25) is 0 Å². The van der Waals surface area contributed by atoms with E-state index in [0.717, 1.165) is 5.69 Å². The van der Waals surface area contributed by atoms with Crippen LogP contribution in [0.3, 0.4) is 0 Å². The predicted octanol–water partition coefficient (Wildman–Crippen LogP) is 4.67. The fraction of sp³-hybridized carbons (Fsp3) is 0.438. The highest BCUT2D eigenvalue weighted by Gasteiger charge is 2.33. The maximum absolute atomic E-state index is 12.9. The lowest BCUT2D eigenvalue weighted by molar-refractivity contribution is -0.120. The average Bonchev–Trinajstić information content (AvgIpc) is 3.05. The highest BCUT2D eigenvalue weighted by Crippen LogP contribution is 2.36. The highest BCUT2D eigenvalue weighted by molar-refractivity contribution is 7.13. The molecule has 0 unspecified atom stereocenters. The molecular formula is C16H20ClF2N3O2S. The van der Waals surface area contributed by atoms with Gasteiger partial charge in [-0.3, -0.25) is 4.79 Å². The Morgan fingerprint density at radius 1 is 1.28 bits per heavy atom. The number of anilines is 1. The SMILES string of the molecule is CC.CC(C)N(C(=O)COc1nnc(C(F)(F)Cl)s1)c1ccccc1. The van der Waals surface area contributed by atoms with Crippen molar-refractivity contribution in [2.45, 2.75) is 39.1 Å².